The largest absolute Gasteiger partial charge is 0.497 e. The Balaban J connectivity index is 1.73. The van der Waals surface area contributed by atoms with Gasteiger partial charge in [-0.1, -0.05) is 25.5 Å². The van der Waals surface area contributed by atoms with Gasteiger partial charge in [0.2, 0.25) is 0 Å². The summed E-state index contributed by atoms with van der Waals surface area (Å²) in [7, 11) is 1.61. The molecule has 0 aliphatic rings. The standard InChI is InChI=1S/C20H24N2O3/c1-3-4-5-16-6-12-19(13-7-16)25-15-20(23)22-21-14-17-8-10-18(24-2)11-9-17/h6-14H,3-5,15H2,1-2H3,(H,22,23)/b21-14-. The second-order valence-corrected chi connectivity index (χ2v) is 5.60. The number of carbonyl (C=O) groups excluding carboxylic acids is 1. The van der Waals surface area contributed by atoms with Crippen LogP contribution >= 0.6 is 0 Å². The summed E-state index contributed by atoms with van der Waals surface area (Å²) in [6, 6.07) is 15.2. The van der Waals surface area contributed by atoms with E-state index in [-0.39, 0.29) is 12.5 Å². The van der Waals surface area contributed by atoms with Crippen molar-refractivity contribution in [2.24, 2.45) is 5.10 Å². The van der Waals surface area contributed by atoms with Crippen LogP contribution in [-0.4, -0.2) is 25.8 Å². The van der Waals surface area contributed by atoms with E-state index in [1.165, 1.54) is 18.4 Å². The number of hydrogen-bond acceptors (Lipinski definition) is 4. The van der Waals surface area contributed by atoms with Crippen molar-refractivity contribution < 1.29 is 14.3 Å². The Labute approximate surface area is 148 Å². The minimum absolute atomic E-state index is 0.0751. The SMILES string of the molecule is CCCCc1ccc(OCC(=O)N/N=C\c2ccc(OC)cc2)cc1. The summed E-state index contributed by atoms with van der Waals surface area (Å²) in [4.78, 5) is 11.7. The van der Waals surface area contributed by atoms with Crippen LogP contribution in [0.1, 0.15) is 30.9 Å². The monoisotopic (exact) mass is 340 g/mol. The van der Waals surface area contributed by atoms with Crippen LogP contribution in [-0.2, 0) is 11.2 Å². The van der Waals surface area contributed by atoms with Crippen molar-refractivity contribution in [2.45, 2.75) is 26.2 Å². The first-order valence-electron chi connectivity index (χ1n) is 8.39. The van der Waals surface area contributed by atoms with Gasteiger partial charge in [0.05, 0.1) is 13.3 Å². The molecule has 2 rings (SSSR count). The maximum Gasteiger partial charge on any atom is 0.277 e. The molecule has 0 aliphatic carbocycles. The van der Waals surface area contributed by atoms with Crippen LogP contribution < -0.4 is 14.9 Å². The molecule has 25 heavy (non-hydrogen) atoms. The summed E-state index contributed by atoms with van der Waals surface area (Å²) in [6.07, 6.45) is 4.99. The lowest BCUT2D eigenvalue weighted by Crippen LogP contribution is -2.24. The average Bonchev–Trinajstić information content (AvgIpc) is 2.66. The van der Waals surface area contributed by atoms with Gasteiger partial charge in [-0.05, 0) is 60.4 Å². The third kappa shape index (κ3) is 6.67. The van der Waals surface area contributed by atoms with E-state index in [1.807, 2.05) is 48.5 Å². The maximum absolute atomic E-state index is 11.7. The number of amides is 1. The van der Waals surface area contributed by atoms with Gasteiger partial charge < -0.3 is 9.47 Å². The predicted molar refractivity (Wildman–Crippen MR) is 99.3 cm³/mol. The first-order chi connectivity index (χ1) is 12.2. The number of rotatable bonds is 9. The smallest absolute Gasteiger partial charge is 0.277 e. The first-order valence-corrected chi connectivity index (χ1v) is 8.39. The van der Waals surface area contributed by atoms with Crippen molar-refractivity contribution in [3.8, 4) is 11.5 Å². The molecule has 0 radical (unpaired) electrons. The first kappa shape index (κ1) is 18.5. The lowest BCUT2D eigenvalue weighted by Gasteiger charge is -2.06. The van der Waals surface area contributed by atoms with Crippen LogP contribution in [0.4, 0.5) is 0 Å². The summed E-state index contributed by atoms with van der Waals surface area (Å²) in [5.41, 5.74) is 4.59. The number of methoxy groups -OCH3 is 1. The van der Waals surface area contributed by atoms with Gasteiger partial charge in [-0.3, -0.25) is 4.79 Å². The molecule has 1 amide bonds. The van der Waals surface area contributed by atoms with Gasteiger partial charge in [0, 0.05) is 0 Å². The Morgan fingerprint density at radius 1 is 1.08 bits per heavy atom. The highest BCUT2D eigenvalue weighted by Crippen LogP contribution is 2.14. The Hall–Kier alpha value is -2.82. The molecule has 5 heteroatoms. The Morgan fingerprint density at radius 2 is 1.76 bits per heavy atom. The fourth-order valence-electron chi connectivity index (χ4n) is 2.18. The number of nitrogens with one attached hydrogen (secondary N) is 1. The molecule has 0 heterocycles. The van der Waals surface area contributed by atoms with Crippen molar-refractivity contribution in [3.63, 3.8) is 0 Å². The second-order valence-electron chi connectivity index (χ2n) is 5.60. The summed E-state index contributed by atoms with van der Waals surface area (Å²) in [6.45, 7) is 2.10. The van der Waals surface area contributed by atoms with Gasteiger partial charge >= 0.3 is 0 Å². The fraction of sp³-hybridized carbons (Fsp3) is 0.300. The molecular formula is C20H24N2O3. The molecule has 0 bridgehead atoms. The normalized spacial score (nSPS) is 10.6. The van der Waals surface area contributed by atoms with Crippen LogP contribution in [0.5, 0.6) is 11.5 Å². The highest BCUT2D eigenvalue weighted by molar-refractivity contribution is 5.83. The molecule has 0 fully saturated rings. The lowest BCUT2D eigenvalue weighted by atomic mass is 10.1. The van der Waals surface area contributed by atoms with Gasteiger partial charge in [-0.15, -0.1) is 0 Å². The minimum atomic E-state index is -0.306. The number of nitrogens with zero attached hydrogens (tertiary/aromatic N) is 1. The van der Waals surface area contributed by atoms with E-state index in [1.54, 1.807) is 13.3 Å². The van der Waals surface area contributed by atoms with Crippen LogP contribution in [0.15, 0.2) is 53.6 Å². The van der Waals surface area contributed by atoms with E-state index in [2.05, 4.69) is 17.5 Å². The van der Waals surface area contributed by atoms with Crippen molar-refractivity contribution >= 4 is 12.1 Å². The van der Waals surface area contributed by atoms with Crippen LogP contribution in [0, 0.1) is 0 Å². The summed E-state index contributed by atoms with van der Waals surface area (Å²) in [5.74, 6) is 1.14. The van der Waals surface area contributed by atoms with Crippen LogP contribution in [0.3, 0.4) is 0 Å². The molecule has 132 valence electrons. The van der Waals surface area contributed by atoms with E-state index in [0.29, 0.717) is 5.75 Å². The van der Waals surface area contributed by atoms with Crippen molar-refractivity contribution in [1.29, 1.82) is 0 Å². The van der Waals surface area contributed by atoms with Crippen LogP contribution in [0.25, 0.3) is 0 Å². The van der Waals surface area contributed by atoms with E-state index < -0.39 is 0 Å². The number of hydrazone groups is 1. The lowest BCUT2D eigenvalue weighted by molar-refractivity contribution is -0.123. The van der Waals surface area contributed by atoms with Gasteiger partial charge in [0.15, 0.2) is 6.61 Å². The zero-order chi connectivity index (χ0) is 17.9. The zero-order valence-electron chi connectivity index (χ0n) is 14.7. The minimum Gasteiger partial charge on any atom is -0.497 e. The number of benzene rings is 2. The molecule has 2 aromatic carbocycles. The van der Waals surface area contributed by atoms with E-state index in [9.17, 15) is 4.79 Å². The van der Waals surface area contributed by atoms with E-state index in [0.717, 1.165) is 17.7 Å². The second kappa shape index (κ2) is 10.1. The van der Waals surface area contributed by atoms with Gasteiger partial charge in [0.25, 0.3) is 5.91 Å². The average molecular weight is 340 g/mol. The summed E-state index contributed by atoms with van der Waals surface area (Å²) >= 11 is 0. The number of hydrogen-bond donors (Lipinski definition) is 1. The number of aryl methyl sites for hydroxylation is 1. The zero-order valence-corrected chi connectivity index (χ0v) is 14.7. The Morgan fingerprint density at radius 3 is 2.40 bits per heavy atom. The molecule has 0 spiro atoms. The molecule has 0 saturated heterocycles. The molecule has 2 aromatic rings. The van der Waals surface area contributed by atoms with Crippen molar-refractivity contribution in [1.82, 2.24) is 5.43 Å². The topological polar surface area (TPSA) is 59.9 Å². The molecule has 5 nitrogen and oxygen atoms in total. The molecule has 0 saturated carbocycles. The summed E-state index contributed by atoms with van der Waals surface area (Å²) in [5, 5.41) is 3.91. The summed E-state index contributed by atoms with van der Waals surface area (Å²) < 4.78 is 10.5. The van der Waals surface area contributed by atoms with Crippen LogP contribution in [0.2, 0.25) is 0 Å². The Bertz CT molecular complexity index is 679. The third-order valence-electron chi connectivity index (χ3n) is 3.63. The number of ether oxygens (including phenoxy) is 2. The molecule has 1 N–H and O–H groups in total. The molecular weight excluding hydrogens is 316 g/mol. The Kier molecular flexibility index (Phi) is 7.50. The highest BCUT2D eigenvalue weighted by Gasteiger charge is 2.02. The third-order valence-corrected chi connectivity index (χ3v) is 3.63. The molecule has 0 aromatic heterocycles. The highest BCUT2D eigenvalue weighted by atomic mass is 16.5. The van der Waals surface area contributed by atoms with Gasteiger partial charge in [-0.25, -0.2) is 5.43 Å². The molecule has 0 unspecified atom stereocenters. The molecule has 0 atom stereocenters. The number of carbonyl (C=O) groups is 1. The predicted octanol–water partition coefficient (Wildman–Crippen LogP) is 3.57. The maximum atomic E-state index is 11.7. The van der Waals surface area contributed by atoms with Crippen molar-refractivity contribution in [2.75, 3.05) is 13.7 Å². The van der Waals surface area contributed by atoms with Gasteiger partial charge in [-0.2, -0.15) is 5.10 Å². The van der Waals surface area contributed by atoms with Crippen molar-refractivity contribution in [3.05, 3.63) is 59.7 Å². The molecule has 0 aliphatic heterocycles. The van der Waals surface area contributed by atoms with Gasteiger partial charge in [0.1, 0.15) is 11.5 Å². The number of unbranched alkanes of at least 4 members (excludes halogenated alkanes) is 1. The van der Waals surface area contributed by atoms with E-state index in [4.69, 9.17) is 9.47 Å². The van der Waals surface area contributed by atoms with E-state index >= 15 is 0 Å². The quantitative estimate of drug-likeness (QED) is 0.561. The fourth-order valence-corrected chi connectivity index (χ4v) is 2.18.